The molecule has 1 aliphatic rings. The number of aliphatic carboxylic acids is 1. The molecular formula is C22H36O5. The molecule has 0 spiro atoms. The van der Waals surface area contributed by atoms with Gasteiger partial charge in [-0.1, -0.05) is 44.8 Å². The van der Waals surface area contributed by atoms with E-state index in [0.29, 0.717) is 38.5 Å². The van der Waals surface area contributed by atoms with Crippen LogP contribution in [0.2, 0.25) is 0 Å². The summed E-state index contributed by atoms with van der Waals surface area (Å²) in [6, 6.07) is 0. The third-order valence-corrected chi connectivity index (χ3v) is 5.47. The highest BCUT2D eigenvalue weighted by Gasteiger charge is 2.40. The van der Waals surface area contributed by atoms with E-state index < -0.39 is 12.1 Å². The summed E-state index contributed by atoms with van der Waals surface area (Å²) in [5.74, 6) is -0.832. The second-order valence-electron chi connectivity index (χ2n) is 7.74. The number of unbranched alkanes of at least 4 members (excludes halogenated alkanes) is 5. The zero-order valence-corrected chi connectivity index (χ0v) is 16.7. The number of rotatable bonds is 15. The lowest BCUT2D eigenvalue weighted by atomic mass is 9.86. The lowest BCUT2D eigenvalue weighted by Crippen LogP contribution is -2.21. The molecule has 1 saturated carbocycles. The van der Waals surface area contributed by atoms with Crippen LogP contribution in [0.4, 0.5) is 0 Å². The topological polar surface area (TPSA) is 91.7 Å². The van der Waals surface area contributed by atoms with E-state index >= 15 is 0 Å². The van der Waals surface area contributed by atoms with Gasteiger partial charge in [0.05, 0.1) is 6.10 Å². The van der Waals surface area contributed by atoms with Gasteiger partial charge >= 0.3 is 5.97 Å². The van der Waals surface area contributed by atoms with Crippen LogP contribution in [-0.4, -0.2) is 33.9 Å². The van der Waals surface area contributed by atoms with Gasteiger partial charge in [0, 0.05) is 31.6 Å². The zero-order valence-electron chi connectivity index (χ0n) is 16.7. The van der Waals surface area contributed by atoms with Crippen molar-refractivity contribution in [2.24, 2.45) is 11.8 Å². The van der Waals surface area contributed by atoms with Crippen LogP contribution in [-0.2, 0) is 14.4 Å². The summed E-state index contributed by atoms with van der Waals surface area (Å²) < 4.78 is 0. The first kappa shape index (κ1) is 23.5. The fraction of sp³-hybridized carbons (Fsp3) is 0.773. The summed E-state index contributed by atoms with van der Waals surface area (Å²) in [7, 11) is 0. The molecule has 154 valence electrons. The molecule has 0 amide bonds. The van der Waals surface area contributed by atoms with Crippen molar-refractivity contribution in [1.82, 2.24) is 0 Å². The van der Waals surface area contributed by atoms with Crippen molar-refractivity contribution in [1.29, 1.82) is 0 Å². The maximum atomic E-state index is 12.2. The first-order valence-electron chi connectivity index (χ1n) is 10.5. The Balaban J connectivity index is 2.33. The second kappa shape index (κ2) is 13.6. The molecule has 27 heavy (non-hydrogen) atoms. The Morgan fingerprint density at radius 3 is 2.48 bits per heavy atom. The molecule has 0 saturated heterocycles. The molecule has 5 heteroatoms. The smallest absolute Gasteiger partial charge is 0.303 e. The number of carbonyl (C=O) groups excluding carboxylic acids is 2. The molecule has 1 fully saturated rings. The van der Waals surface area contributed by atoms with Gasteiger partial charge in [-0.3, -0.25) is 14.4 Å². The number of ketones is 2. The Labute approximate surface area is 163 Å². The Bertz CT molecular complexity index is 497. The molecule has 2 N–H and O–H groups in total. The highest BCUT2D eigenvalue weighted by Crippen LogP contribution is 2.35. The molecule has 5 nitrogen and oxygen atoms in total. The van der Waals surface area contributed by atoms with Crippen molar-refractivity contribution < 1.29 is 24.6 Å². The normalized spacial score (nSPS) is 22.6. The summed E-state index contributed by atoms with van der Waals surface area (Å²) in [5, 5.41) is 18.8. The van der Waals surface area contributed by atoms with Gasteiger partial charge in [-0.05, 0) is 38.0 Å². The van der Waals surface area contributed by atoms with Crippen LogP contribution in [0.15, 0.2) is 12.2 Å². The first-order chi connectivity index (χ1) is 13.0. The van der Waals surface area contributed by atoms with Crippen LogP contribution in [0.5, 0.6) is 0 Å². The summed E-state index contributed by atoms with van der Waals surface area (Å²) in [5.41, 5.74) is 0. The molecule has 1 rings (SSSR count). The number of aliphatic hydroxyl groups is 1. The molecule has 3 atom stereocenters. The lowest BCUT2D eigenvalue weighted by Gasteiger charge is -2.19. The predicted octanol–water partition coefficient (Wildman–Crippen LogP) is 4.46. The quantitative estimate of drug-likeness (QED) is 0.323. The molecule has 0 aromatic carbocycles. The molecule has 1 aliphatic carbocycles. The number of carboxylic acids is 1. The third-order valence-electron chi connectivity index (χ3n) is 5.47. The molecule has 0 radical (unpaired) electrons. The summed E-state index contributed by atoms with van der Waals surface area (Å²) in [6.07, 6.45) is 12.6. The Morgan fingerprint density at radius 1 is 1.04 bits per heavy atom. The first-order valence-corrected chi connectivity index (χ1v) is 10.5. The van der Waals surface area contributed by atoms with Crippen LogP contribution in [0.3, 0.4) is 0 Å². The van der Waals surface area contributed by atoms with Crippen LogP contribution < -0.4 is 0 Å². The van der Waals surface area contributed by atoms with Crippen LogP contribution >= 0.6 is 0 Å². The number of carboxylic acid groups (broad SMARTS) is 1. The summed E-state index contributed by atoms with van der Waals surface area (Å²) >= 11 is 0. The maximum Gasteiger partial charge on any atom is 0.303 e. The van der Waals surface area contributed by atoms with E-state index in [-0.39, 0.29) is 36.2 Å². The predicted molar refractivity (Wildman–Crippen MR) is 105 cm³/mol. The van der Waals surface area contributed by atoms with Crippen LogP contribution in [0, 0.1) is 11.8 Å². The molecule has 0 aliphatic heterocycles. The monoisotopic (exact) mass is 380 g/mol. The van der Waals surface area contributed by atoms with Crippen LogP contribution in [0.1, 0.15) is 90.4 Å². The summed E-state index contributed by atoms with van der Waals surface area (Å²) in [6.45, 7) is 2.17. The molecule has 0 heterocycles. The minimum Gasteiger partial charge on any atom is -0.481 e. The van der Waals surface area contributed by atoms with E-state index in [4.69, 9.17) is 5.11 Å². The number of hydrogen-bond acceptors (Lipinski definition) is 4. The van der Waals surface area contributed by atoms with E-state index in [0.717, 1.165) is 12.8 Å². The lowest BCUT2D eigenvalue weighted by molar-refractivity contribution is -0.137. The van der Waals surface area contributed by atoms with Crippen LogP contribution in [0.25, 0.3) is 0 Å². The Kier molecular flexibility index (Phi) is 11.9. The number of hydrogen-bond donors (Lipinski definition) is 2. The highest BCUT2D eigenvalue weighted by molar-refractivity contribution is 5.84. The van der Waals surface area contributed by atoms with Gasteiger partial charge in [0.15, 0.2) is 0 Å². The van der Waals surface area contributed by atoms with Gasteiger partial charge < -0.3 is 10.2 Å². The highest BCUT2D eigenvalue weighted by atomic mass is 16.4. The van der Waals surface area contributed by atoms with Gasteiger partial charge in [-0.2, -0.15) is 0 Å². The average molecular weight is 381 g/mol. The van der Waals surface area contributed by atoms with Gasteiger partial charge in [-0.25, -0.2) is 0 Å². The van der Waals surface area contributed by atoms with E-state index in [1.54, 1.807) is 0 Å². The van der Waals surface area contributed by atoms with Gasteiger partial charge in [-0.15, -0.1) is 0 Å². The second-order valence-corrected chi connectivity index (χ2v) is 7.74. The van der Waals surface area contributed by atoms with Crippen molar-refractivity contribution in [2.75, 3.05) is 0 Å². The van der Waals surface area contributed by atoms with Crippen molar-refractivity contribution in [3.8, 4) is 0 Å². The minimum atomic E-state index is -0.799. The third kappa shape index (κ3) is 9.85. The number of carbonyl (C=O) groups is 3. The molecular weight excluding hydrogens is 344 g/mol. The van der Waals surface area contributed by atoms with E-state index in [2.05, 4.69) is 6.92 Å². The minimum absolute atomic E-state index is 0.0784. The SMILES string of the molecule is CCCCCCCC(=O)CCC1C(O)CC(=O)C1C/C=C/CCCC(=O)O. The number of aliphatic hydroxyl groups excluding tert-OH is 1. The van der Waals surface area contributed by atoms with E-state index in [1.165, 1.54) is 19.3 Å². The van der Waals surface area contributed by atoms with E-state index in [1.807, 2.05) is 12.2 Å². The number of Topliss-reactive ketones (excluding diaryl/α,β-unsaturated/α-hetero) is 2. The summed E-state index contributed by atoms with van der Waals surface area (Å²) in [4.78, 5) is 34.7. The fourth-order valence-corrected chi connectivity index (χ4v) is 3.83. The van der Waals surface area contributed by atoms with Gasteiger partial charge in [0.25, 0.3) is 0 Å². The molecule has 0 aromatic rings. The molecule has 0 aromatic heterocycles. The maximum absolute atomic E-state index is 12.2. The Hall–Kier alpha value is -1.49. The van der Waals surface area contributed by atoms with Gasteiger partial charge in [0.1, 0.15) is 11.6 Å². The molecule has 3 unspecified atom stereocenters. The average Bonchev–Trinajstić information content (AvgIpc) is 2.88. The van der Waals surface area contributed by atoms with Crippen molar-refractivity contribution in [2.45, 2.75) is 96.5 Å². The molecule has 0 bridgehead atoms. The fourth-order valence-electron chi connectivity index (χ4n) is 3.83. The van der Waals surface area contributed by atoms with E-state index in [9.17, 15) is 19.5 Å². The van der Waals surface area contributed by atoms with Crippen molar-refractivity contribution >= 4 is 17.5 Å². The largest absolute Gasteiger partial charge is 0.481 e. The standard InChI is InChI=1S/C22H36O5/c1-2-3-4-5-8-11-17(23)14-15-19-18(20(24)16-21(19)25)12-9-6-7-10-13-22(26)27/h6,9,18-19,21,25H,2-5,7-8,10-16H2,1H3,(H,26,27)/b9-6+. The van der Waals surface area contributed by atoms with Crippen molar-refractivity contribution in [3.05, 3.63) is 12.2 Å². The van der Waals surface area contributed by atoms with Crippen molar-refractivity contribution in [3.63, 3.8) is 0 Å². The van der Waals surface area contributed by atoms with Gasteiger partial charge in [0.2, 0.25) is 0 Å². The zero-order chi connectivity index (χ0) is 20.1. The Morgan fingerprint density at radius 2 is 1.78 bits per heavy atom. The number of allylic oxidation sites excluding steroid dienone is 2.